The second kappa shape index (κ2) is 9.41. The van der Waals surface area contributed by atoms with Crippen molar-refractivity contribution < 1.29 is 4.79 Å². The molecule has 1 rings (SSSR count). The van der Waals surface area contributed by atoms with E-state index in [1.807, 2.05) is 0 Å². The molecule has 20 heavy (non-hydrogen) atoms. The molecule has 118 valence electrons. The van der Waals surface area contributed by atoms with Gasteiger partial charge >= 0.3 is 0 Å². The fourth-order valence-electron chi connectivity index (χ4n) is 2.61. The number of Topliss-reactive ketones (excluding diaryl/α,β-unsaturated/α-hetero) is 1. The quantitative estimate of drug-likeness (QED) is 0.181. The van der Waals surface area contributed by atoms with Crippen LogP contribution in [0.15, 0.2) is 0 Å². The fourth-order valence-corrected chi connectivity index (χ4v) is 2.61. The number of ketones is 1. The number of nitrogens with one attached hydrogen (secondary N) is 2. The molecule has 1 aliphatic carbocycles. The molecule has 0 aliphatic heterocycles. The molecule has 1 aliphatic rings. The molecule has 0 aromatic carbocycles. The highest BCUT2D eigenvalue weighted by atomic mass is 16.1. The Labute approximate surface area is 122 Å². The average molecular weight is 285 g/mol. The zero-order valence-electron chi connectivity index (χ0n) is 12.5. The smallest absolute Gasteiger partial charge is 0.155 e. The van der Waals surface area contributed by atoms with Crippen LogP contribution in [0.4, 0.5) is 0 Å². The summed E-state index contributed by atoms with van der Waals surface area (Å²) < 4.78 is 0. The summed E-state index contributed by atoms with van der Waals surface area (Å²) in [6.45, 7) is 2.35. The number of carbonyl (C=O) groups excluding carboxylic acids is 1. The van der Waals surface area contributed by atoms with Gasteiger partial charge < -0.3 is 16.8 Å². The largest absolute Gasteiger partial charge is 0.330 e. The van der Waals surface area contributed by atoms with E-state index in [2.05, 4.69) is 10.7 Å². The molecular weight excluding hydrogens is 254 g/mol. The van der Waals surface area contributed by atoms with Gasteiger partial charge in [-0.15, -0.1) is 0 Å². The van der Waals surface area contributed by atoms with Gasteiger partial charge in [-0.2, -0.15) is 0 Å². The molecule has 1 fully saturated rings. The van der Waals surface area contributed by atoms with Crippen molar-refractivity contribution in [3.05, 3.63) is 0 Å². The Bertz CT molecular complexity index is 287. The molecule has 2 atom stereocenters. The molecule has 0 aromatic heterocycles. The summed E-state index contributed by atoms with van der Waals surface area (Å²) in [7, 11) is 0. The molecular formula is C14H31N5O. The van der Waals surface area contributed by atoms with Gasteiger partial charge in [0.05, 0.1) is 0 Å². The second-order valence-electron chi connectivity index (χ2n) is 5.70. The number of hydrazine groups is 1. The van der Waals surface area contributed by atoms with Gasteiger partial charge in [-0.25, -0.2) is 5.43 Å². The van der Waals surface area contributed by atoms with Crippen LogP contribution in [0.5, 0.6) is 0 Å². The van der Waals surface area contributed by atoms with Gasteiger partial charge in [0.15, 0.2) is 5.78 Å². The van der Waals surface area contributed by atoms with Crippen molar-refractivity contribution in [1.82, 2.24) is 10.7 Å². The Morgan fingerprint density at radius 1 is 1.05 bits per heavy atom. The van der Waals surface area contributed by atoms with E-state index in [1.165, 1.54) is 12.8 Å². The van der Waals surface area contributed by atoms with E-state index in [0.717, 1.165) is 45.2 Å². The Morgan fingerprint density at radius 3 is 2.35 bits per heavy atom. The van der Waals surface area contributed by atoms with Gasteiger partial charge in [-0.3, -0.25) is 10.6 Å². The van der Waals surface area contributed by atoms with Gasteiger partial charge in [0.1, 0.15) is 5.54 Å². The van der Waals surface area contributed by atoms with E-state index in [0.29, 0.717) is 13.0 Å². The zero-order valence-corrected chi connectivity index (χ0v) is 12.5. The lowest BCUT2D eigenvalue weighted by atomic mass is 10.0. The SMILES string of the molecule is NCCCCCCNC1CC1(NN)C(=O)CCCCN. The van der Waals surface area contributed by atoms with Crippen LogP contribution in [-0.2, 0) is 4.79 Å². The molecule has 0 radical (unpaired) electrons. The van der Waals surface area contributed by atoms with Crippen LogP contribution in [0.2, 0.25) is 0 Å². The average Bonchev–Trinajstić information content (AvgIpc) is 3.18. The standard InChI is InChI=1S/C14H31N5O/c15-8-4-1-2-6-10-18-12-11-14(12,19-17)13(20)7-3-5-9-16/h12,18-19H,1-11,15-17H2. The minimum atomic E-state index is -0.522. The Kier molecular flexibility index (Phi) is 8.25. The van der Waals surface area contributed by atoms with Crippen LogP contribution in [-0.4, -0.2) is 37.0 Å². The third kappa shape index (κ3) is 5.10. The molecule has 6 heteroatoms. The third-order valence-corrected chi connectivity index (χ3v) is 4.10. The van der Waals surface area contributed by atoms with Gasteiger partial charge in [0.2, 0.25) is 0 Å². The van der Waals surface area contributed by atoms with Crippen molar-refractivity contribution in [2.45, 2.75) is 62.9 Å². The molecule has 0 bridgehead atoms. The summed E-state index contributed by atoms with van der Waals surface area (Å²) in [6, 6.07) is 0.187. The molecule has 0 heterocycles. The van der Waals surface area contributed by atoms with Crippen molar-refractivity contribution >= 4 is 5.78 Å². The Morgan fingerprint density at radius 2 is 1.70 bits per heavy atom. The summed E-state index contributed by atoms with van der Waals surface area (Å²) in [5.74, 6) is 5.80. The Hall–Kier alpha value is -0.530. The highest BCUT2D eigenvalue weighted by Crippen LogP contribution is 2.37. The first-order valence-electron chi connectivity index (χ1n) is 7.86. The zero-order chi connectivity index (χ0) is 14.8. The van der Waals surface area contributed by atoms with Crippen molar-refractivity contribution in [3.8, 4) is 0 Å². The van der Waals surface area contributed by atoms with E-state index < -0.39 is 5.54 Å². The maximum Gasteiger partial charge on any atom is 0.155 e. The topological polar surface area (TPSA) is 119 Å². The second-order valence-corrected chi connectivity index (χ2v) is 5.70. The van der Waals surface area contributed by atoms with Gasteiger partial charge in [-0.1, -0.05) is 12.8 Å². The summed E-state index contributed by atoms with van der Waals surface area (Å²) in [5, 5.41) is 3.43. The Balaban J connectivity index is 2.17. The predicted octanol–water partition coefficient (Wildman–Crippen LogP) is -0.232. The third-order valence-electron chi connectivity index (χ3n) is 4.10. The van der Waals surface area contributed by atoms with E-state index in [9.17, 15) is 4.79 Å². The molecule has 0 spiro atoms. The first kappa shape index (κ1) is 17.5. The van der Waals surface area contributed by atoms with Gasteiger partial charge in [-0.05, 0) is 51.7 Å². The van der Waals surface area contributed by atoms with Crippen molar-refractivity contribution in [2.24, 2.45) is 17.3 Å². The molecule has 2 unspecified atom stereocenters. The van der Waals surface area contributed by atoms with E-state index in [4.69, 9.17) is 17.3 Å². The van der Waals surface area contributed by atoms with Crippen LogP contribution in [0.25, 0.3) is 0 Å². The van der Waals surface area contributed by atoms with Crippen molar-refractivity contribution in [1.29, 1.82) is 0 Å². The van der Waals surface area contributed by atoms with E-state index in [-0.39, 0.29) is 11.8 Å². The van der Waals surface area contributed by atoms with Gasteiger partial charge in [0.25, 0.3) is 0 Å². The molecule has 0 amide bonds. The number of hydrogen-bond donors (Lipinski definition) is 5. The first-order valence-corrected chi connectivity index (χ1v) is 7.86. The van der Waals surface area contributed by atoms with Crippen LogP contribution < -0.4 is 28.1 Å². The minimum Gasteiger partial charge on any atom is -0.330 e. The van der Waals surface area contributed by atoms with E-state index >= 15 is 0 Å². The molecule has 0 aromatic rings. The van der Waals surface area contributed by atoms with Crippen LogP contribution in [0.3, 0.4) is 0 Å². The summed E-state index contributed by atoms with van der Waals surface area (Å²) in [6.07, 6.45) is 7.70. The fraction of sp³-hybridized carbons (Fsp3) is 0.929. The lowest BCUT2D eigenvalue weighted by molar-refractivity contribution is -0.122. The molecule has 8 N–H and O–H groups in total. The first-order chi connectivity index (χ1) is 9.71. The molecule has 6 nitrogen and oxygen atoms in total. The lowest BCUT2D eigenvalue weighted by Crippen LogP contribution is -2.49. The highest BCUT2D eigenvalue weighted by Gasteiger charge is 2.58. The van der Waals surface area contributed by atoms with Crippen LogP contribution in [0.1, 0.15) is 51.4 Å². The van der Waals surface area contributed by atoms with E-state index in [1.54, 1.807) is 0 Å². The summed E-state index contributed by atoms with van der Waals surface area (Å²) >= 11 is 0. The maximum absolute atomic E-state index is 12.2. The van der Waals surface area contributed by atoms with Crippen molar-refractivity contribution in [3.63, 3.8) is 0 Å². The number of hydrogen-bond acceptors (Lipinski definition) is 6. The number of unbranched alkanes of at least 4 members (excludes halogenated alkanes) is 4. The number of rotatable bonds is 13. The molecule has 1 saturated carbocycles. The maximum atomic E-state index is 12.2. The van der Waals surface area contributed by atoms with Crippen LogP contribution >= 0.6 is 0 Å². The minimum absolute atomic E-state index is 0.187. The molecule has 0 saturated heterocycles. The number of carbonyl (C=O) groups is 1. The normalized spacial score (nSPS) is 24.9. The predicted molar refractivity (Wildman–Crippen MR) is 81.9 cm³/mol. The highest BCUT2D eigenvalue weighted by molar-refractivity contribution is 5.92. The van der Waals surface area contributed by atoms with Gasteiger partial charge in [0, 0.05) is 12.5 Å². The monoisotopic (exact) mass is 285 g/mol. The summed E-state index contributed by atoms with van der Waals surface area (Å²) in [5.41, 5.74) is 13.1. The lowest BCUT2D eigenvalue weighted by Gasteiger charge is -2.15. The summed E-state index contributed by atoms with van der Waals surface area (Å²) in [4.78, 5) is 12.2. The van der Waals surface area contributed by atoms with Crippen molar-refractivity contribution in [2.75, 3.05) is 19.6 Å². The number of nitrogens with two attached hydrogens (primary N) is 3. The van der Waals surface area contributed by atoms with Crippen LogP contribution in [0, 0.1) is 0 Å².